The molecule has 3 heteroatoms. The second-order valence-corrected chi connectivity index (χ2v) is 7.61. The molecule has 0 atom stereocenters. The summed E-state index contributed by atoms with van der Waals surface area (Å²) in [5.74, 6) is 1.01. The molecule has 0 unspecified atom stereocenters. The van der Waals surface area contributed by atoms with E-state index in [0.29, 0.717) is 6.61 Å². The van der Waals surface area contributed by atoms with Crippen LogP contribution in [0.4, 0.5) is 0 Å². The van der Waals surface area contributed by atoms with Gasteiger partial charge in [-0.15, -0.1) is 0 Å². The Kier molecular flexibility index (Phi) is 6.83. The summed E-state index contributed by atoms with van der Waals surface area (Å²) in [4.78, 5) is 2.49. The van der Waals surface area contributed by atoms with E-state index < -0.39 is 0 Å². The van der Waals surface area contributed by atoms with E-state index in [9.17, 15) is 0 Å². The van der Waals surface area contributed by atoms with Crippen LogP contribution in [0.2, 0.25) is 0 Å². The molecule has 154 valence electrons. The van der Waals surface area contributed by atoms with Crippen molar-refractivity contribution in [1.82, 2.24) is 4.90 Å². The molecule has 0 bridgehead atoms. The molecule has 3 aromatic rings. The molecule has 0 N–H and O–H groups in total. The summed E-state index contributed by atoms with van der Waals surface area (Å²) in [6.45, 7) is 3.78. The van der Waals surface area contributed by atoms with E-state index in [2.05, 4.69) is 71.6 Å². The Bertz CT molecular complexity index is 911. The lowest BCUT2D eigenvalue weighted by atomic mass is 9.98. The quantitative estimate of drug-likeness (QED) is 0.366. The van der Waals surface area contributed by atoms with Crippen molar-refractivity contribution < 1.29 is 9.47 Å². The summed E-state index contributed by atoms with van der Waals surface area (Å²) in [6, 6.07) is 27.2. The molecule has 0 amide bonds. The lowest BCUT2D eigenvalue weighted by molar-refractivity contribution is 0.195. The molecule has 0 aliphatic carbocycles. The second kappa shape index (κ2) is 10.1. The smallest absolute Gasteiger partial charge is 0.123 e. The molecule has 1 aliphatic heterocycles. The molecule has 3 nitrogen and oxygen atoms in total. The van der Waals surface area contributed by atoms with Crippen LogP contribution < -0.4 is 4.74 Å². The van der Waals surface area contributed by atoms with E-state index in [0.717, 1.165) is 43.8 Å². The molecule has 30 heavy (non-hydrogen) atoms. The summed E-state index contributed by atoms with van der Waals surface area (Å²) in [5.41, 5.74) is 6.21. The lowest BCUT2D eigenvalue weighted by Crippen LogP contribution is -2.32. The molecule has 0 aromatic heterocycles. The van der Waals surface area contributed by atoms with Crippen molar-refractivity contribution in [3.8, 4) is 5.75 Å². The van der Waals surface area contributed by atoms with Gasteiger partial charge in [-0.05, 0) is 35.6 Å². The third-order valence-corrected chi connectivity index (χ3v) is 5.64. The fourth-order valence-electron chi connectivity index (χ4n) is 4.04. The molecular formula is C27H29NO2. The Morgan fingerprint density at radius 3 is 2.27 bits per heavy atom. The highest BCUT2D eigenvalue weighted by Crippen LogP contribution is 2.28. The third kappa shape index (κ3) is 4.92. The number of rotatable bonds is 8. The van der Waals surface area contributed by atoms with Crippen LogP contribution in [0.1, 0.15) is 28.7 Å². The number of methoxy groups -OCH3 is 1. The number of hydrogen-bond donors (Lipinski definition) is 0. The van der Waals surface area contributed by atoms with Gasteiger partial charge in [0.05, 0.1) is 20.0 Å². The standard InChI is InChI=1S/C27H29NO2/c1-29-27-15-8-14-24-16-18-28(20-25(24)27)17-9-19-30-21-26(22-10-4-2-5-11-22)23-12-6-3-7-13-23/h2-8,10-15,21H,9,16-20H2,1H3. The SMILES string of the molecule is COc1cccc2c1CN(CCCOC=C(c1ccccc1)c1ccccc1)CC2. The first-order valence-electron chi connectivity index (χ1n) is 10.6. The first kappa shape index (κ1) is 20.2. The van der Waals surface area contributed by atoms with E-state index in [1.165, 1.54) is 22.3 Å². The van der Waals surface area contributed by atoms with E-state index >= 15 is 0 Å². The second-order valence-electron chi connectivity index (χ2n) is 7.61. The number of nitrogens with zero attached hydrogens (tertiary/aromatic N) is 1. The lowest BCUT2D eigenvalue weighted by Gasteiger charge is -2.29. The Labute approximate surface area is 179 Å². The van der Waals surface area contributed by atoms with Gasteiger partial charge in [0.15, 0.2) is 0 Å². The minimum atomic E-state index is 0.707. The van der Waals surface area contributed by atoms with Crippen molar-refractivity contribution >= 4 is 5.57 Å². The third-order valence-electron chi connectivity index (χ3n) is 5.64. The van der Waals surface area contributed by atoms with Crippen LogP contribution in [0.25, 0.3) is 5.57 Å². The van der Waals surface area contributed by atoms with Gasteiger partial charge in [-0.1, -0.05) is 72.8 Å². The van der Waals surface area contributed by atoms with Crippen molar-refractivity contribution in [3.05, 3.63) is 107 Å². The van der Waals surface area contributed by atoms with Gasteiger partial charge < -0.3 is 9.47 Å². The van der Waals surface area contributed by atoms with Crippen LogP contribution >= 0.6 is 0 Å². The van der Waals surface area contributed by atoms with Crippen molar-refractivity contribution in [2.24, 2.45) is 0 Å². The molecule has 0 radical (unpaired) electrons. The van der Waals surface area contributed by atoms with E-state index in [-0.39, 0.29) is 0 Å². The zero-order valence-electron chi connectivity index (χ0n) is 17.6. The highest BCUT2D eigenvalue weighted by atomic mass is 16.5. The zero-order valence-corrected chi connectivity index (χ0v) is 17.6. The maximum absolute atomic E-state index is 6.00. The molecule has 0 spiro atoms. The van der Waals surface area contributed by atoms with Gasteiger partial charge in [0.2, 0.25) is 0 Å². The van der Waals surface area contributed by atoms with Gasteiger partial charge in [0.1, 0.15) is 5.75 Å². The molecule has 4 rings (SSSR count). The largest absolute Gasteiger partial charge is 0.500 e. The Balaban J connectivity index is 1.34. The summed E-state index contributed by atoms with van der Waals surface area (Å²) < 4.78 is 11.6. The fourth-order valence-corrected chi connectivity index (χ4v) is 4.04. The molecule has 1 aliphatic rings. The van der Waals surface area contributed by atoms with Crippen LogP contribution in [0.3, 0.4) is 0 Å². The van der Waals surface area contributed by atoms with E-state index in [1.807, 2.05) is 18.4 Å². The van der Waals surface area contributed by atoms with Crippen molar-refractivity contribution in [3.63, 3.8) is 0 Å². The normalized spacial score (nSPS) is 13.4. The molecule has 1 heterocycles. The highest BCUT2D eigenvalue weighted by molar-refractivity contribution is 5.78. The number of ether oxygens (including phenoxy) is 2. The number of hydrogen-bond acceptors (Lipinski definition) is 3. The fraction of sp³-hybridized carbons (Fsp3) is 0.259. The number of benzene rings is 3. The predicted octanol–water partition coefficient (Wildman–Crippen LogP) is 5.55. The van der Waals surface area contributed by atoms with Gasteiger partial charge in [0.25, 0.3) is 0 Å². The molecule has 0 saturated heterocycles. The molecule has 0 fully saturated rings. The summed E-state index contributed by atoms with van der Waals surface area (Å²) in [5, 5.41) is 0. The average Bonchev–Trinajstić information content (AvgIpc) is 2.82. The van der Waals surface area contributed by atoms with Gasteiger partial charge in [-0.3, -0.25) is 4.90 Å². The van der Waals surface area contributed by atoms with Crippen LogP contribution in [-0.2, 0) is 17.7 Å². The van der Waals surface area contributed by atoms with Crippen LogP contribution in [-0.4, -0.2) is 31.7 Å². The zero-order chi connectivity index (χ0) is 20.6. The van der Waals surface area contributed by atoms with Gasteiger partial charge in [-0.25, -0.2) is 0 Å². The molecular weight excluding hydrogens is 370 g/mol. The predicted molar refractivity (Wildman–Crippen MR) is 123 cm³/mol. The first-order chi connectivity index (χ1) is 14.8. The Hall–Kier alpha value is -3.04. The van der Waals surface area contributed by atoms with Crippen molar-refractivity contribution in [1.29, 1.82) is 0 Å². The van der Waals surface area contributed by atoms with Crippen molar-refractivity contribution in [2.45, 2.75) is 19.4 Å². The van der Waals surface area contributed by atoms with Gasteiger partial charge in [0, 0.05) is 30.8 Å². The maximum atomic E-state index is 6.00. The van der Waals surface area contributed by atoms with Crippen LogP contribution in [0.5, 0.6) is 5.75 Å². The summed E-state index contributed by atoms with van der Waals surface area (Å²) in [7, 11) is 1.76. The highest BCUT2D eigenvalue weighted by Gasteiger charge is 2.18. The van der Waals surface area contributed by atoms with Crippen LogP contribution in [0, 0.1) is 0 Å². The maximum Gasteiger partial charge on any atom is 0.123 e. The van der Waals surface area contributed by atoms with E-state index in [4.69, 9.17) is 9.47 Å². The minimum absolute atomic E-state index is 0.707. The monoisotopic (exact) mass is 399 g/mol. The first-order valence-corrected chi connectivity index (χ1v) is 10.6. The van der Waals surface area contributed by atoms with Crippen LogP contribution in [0.15, 0.2) is 85.1 Å². The molecule has 0 saturated carbocycles. The summed E-state index contributed by atoms with van der Waals surface area (Å²) >= 11 is 0. The Morgan fingerprint density at radius 1 is 0.900 bits per heavy atom. The average molecular weight is 400 g/mol. The molecule has 3 aromatic carbocycles. The van der Waals surface area contributed by atoms with E-state index in [1.54, 1.807) is 7.11 Å². The minimum Gasteiger partial charge on any atom is -0.500 e. The van der Waals surface area contributed by atoms with Gasteiger partial charge in [-0.2, -0.15) is 0 Å². The van der Waals surface area contributed by atoms with Gasteiger partial charge >= 0.3 is 0 Å². The topological polar surface area (TPSA) is 21.7 Å². The number of fused-ring (bicyclic) bond motifs is 1. The Morgan fingerprint density at radius 2 is 1.60 bits per heavy atom. The summed E-state index contributed by atoms with van der Waals surface area (Å²) in [6.07, 6.45) is 4.00. The van der Waals surface area contributed by atoms with Crippen molar-refractivity contribution in [2.75, 3.05) is 26.8 Å².